The van der Waals surface area contributed by atoms with Crippen LogP contribution in [0.5, 0.6) is 11.5 Å². The number of rotatable bonds is 9. The standard InChI is InChI=1S/C25H43N5O2/c1-5-26-25(27-18-20(2)19-29-11-7-6-8-12-29)28-21-9-13-30(14-10-21)22-15-23(31-3)17-24(16-22)32-4/h15-17,20-21H,5-14,18-19H2,1-4H3,(H2,26,27,28). The summed E-state index contributed by atoms with van der Waals surface area (Å²) in [5.41, 5.74) is 1.16. The summed E-state index contributed by atoms with van der Waals surface area (Å²) < 4.78 is 10.9. The monoisotopic (exact) mass is 445 g/mol. The minimum Gasteiger partial charge on any atom is -0.497 e. The van der Waals surface area contributed by atoms with Gasteiger partial charge < -0.3 is 29.9 Å². The topological polar surface area (TPSA) is 61.4 Å². The number of likely N-dealkylation sites (tertiary alicyclic amines) is 1. The molecule has 3 rings (SSSR count). The quantitative estimate of drug-likeness (QED) is 0.449. The maximum atomic E-state index is 5.44. The van der Waals surface area contributed by atoms with E-state index in [9.17, 15) is 0 Å². The SMILES string of the molecule is CCNC(=NCC(C)CN1CCCCC1)NC1CCN(c2cc(OC)cc(OC)c2)CC1. The van der Waals surface area contributed by atoms with E-state index in [1.165, 1.54) is 32.4 Å². The van der Waals surface area contributed by atoms with E-state index in [0.717, 1.165) is 68.7 Å². The third kappa shape index (κ3) is 7.47. The molecule has 0 aliphatic carbocycles. The van der Waals surface area contributed by atoms with Gasteiger partial charge in [-0.05, 0) is 51.6 Å². The van der Waals surface area contributed by atoms with E-state index in [0.29, 0.717) is 12.0 Å². The molecule has 1 aromatic rings. The van der Waals surface area contributed by atoms with Crippen molar-refractivity contribution in [2.24, 2.45) is 10.9 Å². The molecule has 2 fully saturated rings. The molecule has 180 valence electrons. The van der Waals surface area contributed by atoms with Crippen LogP contribution in [0.15, 0.2) is 23.2 Å². The van der Waals surface area contributed by atoms with Crippen molar-refractivity contribution < 1.29 is 9.47 Å². The van der Waals surface area contributed by atoms with E-state index in [1.807, 2.05) is 6.07 Å². The van der Waals surface area contributed by atoms with E-state index >= 15 is 0 Å². The summed E-state index contributed by atoms with van der Waals surface area (Å²) in [4.78, 5) is 9.93. The highest BCUT2D eigenvalue weighted by atomic mass is 16.5. The Morgan fingerprint density at radius 3 is 2.28 bits per heavy atom. The number of hydrogen-bond donors (Lipinski definition) is 2. The number of piperidine rings is 2. The molecule has 0 spiro atoms. The average molecular weight is 446 g/mol. The molecule has 0 radical (unpaired) electrons. The van der Waals surface area contributed by atoms with Crippen LogP contribution in [-0.4, -0.2) is 76.9 Å². The molecule has 2 saturated heterocycles. The van der Waals surface area contributed by atoms with Crippen LogP contribution in [-0.2, 0) is 0 Å². The van der Waals surface area contributed by atoms with Crippen molar-refractivity contribution in [3.05, 3.63) is 18.2 Å². The number of guanidine groups is 1. The van der Waals surface area contributed by atoms with Crippen LogP contribution in [0.2, 0.25) is 0 Å². The molecule has 1 unspecified atom stereocenters. The summed E-state index contributed by atoms with van der Waals surface area (Å²) in [6.07, 6.45) is 6.24. The third-order valence-electron chi connectivity index (χ3n) is 6.46. The highest BCUT2D eigenvalue weighted by Gasteiger charge is 2.21. The molecule has 2 heterocycles. The molecular weight excluding hydrogens is 402 g/mol. The second-order valence-electron chi connectivity index (χ2n) is 9.16. The van der Waals surface area contributed by atoms with Gasteiger partial charge in [0, 0.05) is 62.7 Å². The summed E-state index contributed by atoms with van der Waals surface area (Å²) in [7, 11) is 3.40. The lowest BCUT2D eigenvalue weighted by Crippen LogP contribution is -2.49. The Morgan fingerprint density at radius 2 is 1.69 bits per heavy atom. The zero-order chi connectivity index (χ0) is 22.8. The Balaban J connectivity index is 1.49. The molecule has 0 bridgehead atoms. The molecule has 1 aromatic carbocycles. The van der Waals surface area contributed by atoms with Gasteiger partial charge in [0.25, 0.3) is 0 Å². The summed E-state index contributed by atoms with van der Waals surface area (Å²) in [6, 6.07) is 6.54. The normalized spacial score (nSPS) is 19.5. The van der Waals surface area contributed by atoms with Crippen molar-refractivity contribution in [2.75, 3.05) is 64.9 Å². The van der Waals surface area contributed by atoms with Crippen molar-refractivity contribution >= 4 is 11.6 Å². The Morgan fingerprint density at radius 1 is 1.03 bits per heavy atom. The molecule has 2 aliphatic heterocycles. The van der Waals surface area contributed by atoms with Gasteiger partial charge in [-0.15, -0.1) is 0 Å². The Kier molecular flexibility index (Phi) is 9.78. The van der Waals surface area contributed by atoms with Crippen molar-refractivity contribution in [1.82, 2.24) is 15.5 Å². The third-order valence-corrected chi connectivity index (χ3v) is 6.46. The van der Waals surface area contributed by atoms with Crippen molar-refractivity contribution in [3.63, 3.8) is 0 Å². The smallest absolute Gasteiger partial charge is 0.191 e. The number of nitrogens with zero attached hydrogens (tertiary/aromatic N) is 3. The first-order valence-electron chi connectivity index (χ1n) is 12.4. The van der Waals surface area contributed by atoms with E-state index in [1.54, 1.807) is 14.2 Å². The molecular formula is C25H43N5O2. The lowest BCUT2D eigenvalue weighted by Gasteiger charge is -2.35. The second kappa shape index (κ2) is 12.8. The van der Waals surface area contributed by atoms with Gasteiger partial charge in [0.05, 0.1) is 14.2 Å². The number of anilines is 1. The van der Waals surface area contributed by atoms with Crippen LogP contribution < -0.4 is 25.0 Å². The van der Waals surface area contributed by atoms with Gasteiger partial charge in [0.2, 0.25) is 0 Å². The molecule has 32 heavy (non-hydrogen) atoms. The van der Waals surface area contributed by atoms with Crippen molar-refractivity contribution in [3.8, 4) is 11.5 Å². The van der Waals surface area contributed by atoms with Crippen LogP contribution in [0.3, 0.4) is 0 Å². The summed E-state index contributed by atoms with van der Waals surface area (Å²) in [6.45, 7) is 11.9. The predicted octanol–water partition coefficient (Wildman–Crippen LogP) is 3.35. The highest BCUT2D eigenvalue weighted by molar-refractivity contribution is 5.80. The zero-order valence-electron chi connectivity index (χ0n) is 20.5. The van der Waals surface area contributed by atoms with Crippen LogP contribution >= 0.6 is 0 Å². The Hall–Kier alpha value is -2.15. The van der Waals surface area contributed by atoms with Crippen LogP contribution in [0.4, 0.5) is 5.69 Å². The number of nitrogens with one attached hydrogen (secondary N) is 2. The maximum absolute atomic E-state index is 5.44. The molecule has 2 N–H and O–H groups in total. The lowest BCUT2D eigenvalue weighted by molar-refractivity contribution is 0.203. The van der Waals surface area contributed by atoms with Crippen LogP contribution in [0.1, 0.15) is 46.0 Å². The molecule has 7 heteroatoms. The molecule has 2 aliphatic rings. The van der Waals surface area contributed by atoms with Crippen molar-refractivity contribution in [2.45, 2.75) is 52.0 Å². The van der Waals surface area contributed by atoms with E-state index in [-0.39, 0.29) is 0 Å². The second-order valence-corrected chi connectivity index (χ2v) is 9.16. The molecule has 0 amide bonds. The zero-order valence-corrected chi connectivity index (χ0v) is 20.5. The number of methoxy groups -OCH3 is 2. The summed E-state index contributed by atoms with van der Waals surface area (Å²) in [5.74, 6) is 3.20. The first kappa shape index (κ1) is 24.5. The van der Waals surface area contributed by atoms with Crippen LogP contribution in [0, 0.1) is 5.92 Å². The van der Waals surface area contributed by atoms with Gasteiger partial charge in [-0.1, -0.05) is 13.3 Å². The van der Waals surface area contributed by atoms with Gasteiger partial charge in [-0.25, -0.2) is 0 Å². The molecule has 0 saturated carbocycles. The molecule has 7 nitrogen and oxygen atoms in total. The fraction of sp³-hybridized carbons (Fsp3) is 0.720. The number of aliphatic imine (C=N–C) groups is 1. The highest BCUT2D eigenvalue weighted by Crippen LogP contribution is 2.30. The van der Waals surface area contributed by atoms with Crippen LogP contribution in [0.25, 0.3) is 0 Å². The van der Waals surface area contributed by atoms with Gasteiger partial charge in [0.1, 0.15) is 11.5 Å². The van der Waals surface area contributed by atoms with Gasteiger partial charge in [0.15, 0.2) is 5.96 Å². The van der Waals surface area contributed by atoms with Gasteiger partial charge >= 0.3 is 0 Å². The largest absolute Gasteiger partial charge is 0.497 e. The molecule has 0 aromatic heterocycles. The number of hydrogen-bond acceptors (Lipinski definition) is 5. The fourth-order valence-corrected chi connectivity index (χ4v) is 4.66. The van der Waals surface area contributed by atoms with E-state index in [2.05, 4.69) is 46.4 Å². The predicted molar refractivity (Wildman–Crippen MR) is 133 cm³/mol. The molecule has 1 atom stereocenters. The minimum atomic E-state index is 0.439. The van der Waals surface area contributed by atoms with Gasteiger partial charge in [-0.3, -0.25) is 4.99 Å². The number of ether oxygens (including phenoxy) is 2. The number of benzene rings is 1. The average Bonchev–Trinajstić information content (AvgIpc) is 2.83. The maximum Gasteiger partial charge on any atom is 0.191 e. The minimum absolute atomic E-state index is 0.439. The first-order chi connectivity index (χ1) is 15.6. The fourth-order valence-electron chi connectivity index (χ4n) is 4.66. The van der Waals surface area contributed by atoms with Gasteiger partial charge in [-0.2, -0.15) is 0 Å². The summed E-state index contributed by atoms with van der Waals surface area (Å²) in [5, 5.41) is 7.12. The van der Waals surface area contributed by atoms with E-state index in [4.69, 9.17) is 14.5 Å². The Labute approximate surface area is 194 Å². The first-order valence-corrected chi connectivity index (χ1v) is 12.4. The van der Waals surface area contributed by atoms with Crippen molar-refractivity contribution in [1.29, 1.82) is 0 Å². The Bertz CT molecular complexity index is 690. The lowest BCUT2D eigenvalue weighted by atomic mass is 10.0. The summed E-state index contributed by atoms with van der Waals surface area (Å²) >= 11 is 0. The van der Waals surface area contributed by atoms with E-state index < -0.39 is 0 Å².